The molecule has 3 rings (SSSR count). The van der Waals surface area contributed by atoms with Crippen LogP contribution in [0.25, 0.3) is 0 Å². The number of carbonyl (C=O) groups is 3. The molecule has 0 saturated carbocycles. The van der Waals surface area contributed by atoms with Crippen LogP contribution in [0.1, 0.15) is 22.3 Å². The van der Waals surface area contributed by atoms with Gasteiger partial charge in [-0.2, -0.15) is 0 Å². The normalized spacial score (nSPS) is 12.8. The average Bonchev–Trinajstić information content (AvgIpc) is 2.75. The molecule has 0 aliphatic carbocycles. The third-order valence-corrected chi connectivity index (χ3v) is 5.75. The fraction of sp³-hybridized carbons (Fsp3) is 0.318. The molecule has 0 aromatic heterocycles. The number of amides is 2. The average molecular weight is 413 g/mol. The molecule has 2 amide bonds. The van der Waals surface area contributed by atoms with Gasteiger partial charge in [0.05, 0.1) is 11.3 Å². The fourth-order valence-electron chi connectivity index (χ4n) is 3.11. The summed E-state index contributed by atoms with van der Waals surface area (Å²) < 4.78 is 5.31. The minimum Gasteiger partial charge on any atom is -0.452 e. The molecular formula is C22H24N2O4S. The van der Waals surface area contributed by atoms with Gasteiger partial charge in [0.2, 0.25) is 5.91 Å². The van der Waals surface area contributed by atoms with E-state index in [-0.39, 0.29) is 24.2 Å². The second kappa shape index (κ2) is 9.60. The van der Waals surface area contributed by atoms with Crippen molar-refractivity contribution in [1.82, 2.24) is 4.90 Å². The van der Waals surface area contributed by atoms with Crippen LogP contribution in [0, 0.1) is 0 Å². The third-order valence-electron chi connectivity index (χ3n) is 4.69. The van der Waals surface area contributed by atoms with E-state index in [1.165, 1.54) is 16.7 Å². The Morgan fingerprint density at radius 2 is 1.79 bits per heavy atom. The van der Waals surface area contributed by atoms with Gasteiger partial charge in [-0.1, -0.05) is 30.3 Å². The molecule has 152 valence electrons. The van der Waals surface area contributed by atoms with Gasteiger partial charge in [0.15, 0.2) is 6.61 Å². The number of aryl methyl sites for hydroxylation is 1. The number of anilines is 1. The molecule has 0 spiro atoms. The second-order valence-corrected chi connectivity index (χ2v) is 7.94. The molecule has 1 aliphatic rings. The first kappa shape index (κ1) is 20.9. The minimum absolute atomic E-state index is 0.0443. The lowest BCUT2D eigenvalue weighted by molar-refractivity contribution is -0.126. The van der Waals surface area contributed by atoms with E-state index < -0.39 is 5.97 Å². The molecule has 0 saturated heterocycles. The maximum Gasteiger partial charge on any atom is 0.339 e. The van der Waals surface area contributed by atoms with Crippen molar-refractivity contribution in [1.29, 1.82) is 0 Å². The van der Waals surface area contributed by atoms with Crippen LogP contribution in [-0.2, 0) is 20.7 Å². The quantitative estimate of drug-likeness (QED) is 0.539. The van der Waals surface area contributed by atoms with E-state index in [1.807, 2.05) is 24.3 Å². The van der Waals surface area contributed by atoms with Crippen molar-refractivity contribution in [2.45, 2.75) is 17.7 Å². The summed E-state index contributed by atoms with van der Waals surface area (Å²) in [5.74, 6) is -0.625. The van der Waals surface area contributed by atoms with Crippen molar-refractivity contribution in [2.75, 3.05) is 37.9 Å². The summed E-state index contributed by atoms with van der Waals surface area (Å²) in [4.78, 5) is 40.9. The lowest BCUT2D eigenvalue weighted by Crippen LogP contribution is -2.38. The van der Waals surface area contributed by atoms with Crippen molar-refractivity contribution >= 4 is 35.2 Å². The van der Waals surface area contributed by atoms with Gasteiger partial charge in [0.1, 0.15) is 0 Å². The van der Waals surface area contributed by atoms with Crippen LogP contribution in [0.2, 0.25) is 0 Å². The Kier molecular flexibility index (Phi) is 6.93. The van der Waals surface area contributed by atoms with Crippen LogP contribution in [-0.4, -0.2) is 55.7 Å². The Morgan fingerprint density at radius 3 is 2.59 bits per heavy atom. The van der Waals surface area contributed by atoms with Crippen LogP contribution in [0.15, 0.2) is 53.4 Å². The zero-order valence-corrected chi connectivity index (χ0v) is 17.4. The van der Waals surface area contributed by atoms with E-state index in [2.05, 4.69) is 0 Å². The van der Waals surface area contributed by atoms with Gasteiger partial charge in [-0.15, -0.1) is 11.8 Å². The topological polar surface area (TPSA) is 66.9 Å². The first-order valence-corrected chi connectivity index (χ1v) is 10.4. The van der Waals surface area contributed by atoms with Gasteiger partial charge in [-0.25, -0.2) is 4.79 Å². The van der Waals surface area contributed by atoms with Crippen LogP contribution in [0.4, 0.5) is 5.69 Å². The Balaban J connectivity index is 1.63. The Bertz CT molecular complexity index is 913. The number of esters is 1. The Labute approximate surface area is 174 Å². The highest BCUT2D eigenvalue weighted by atomic mass is 32.2. The van der Waals surface area contributed by atoms with Crippen LogP contribution in [0.3, 0.4) is 0 Å². The van der Waals surface area contributed by atoms with Gasteiger partial charge in [-0.05, 0) is 36.6 Å². The first-order valence-electron chi connectivity index (χ1n) is 9.44. The van der Waals surface area contributed by atoms with E-state index >= 15 is 0 Å². The number of hydrogen-bond acceptors (Lipinski definition) is 5. The van der Waals surface area contributed by atoms with Gasteiger partial charge in [-0.3, -0.25) is 9.59 Å². The van der Waals surface area contributed by atoms with Gasteiger partial charge in [0.25, 0.3) is 5.91 Å². The highest BCUT2D eigenvalue weighted by molar-refractivity contribution is 8.00. The summed E-state index contributed by atoms with van der Waals surface area (Å²) in [6.07, 6.45) is 1.83. The maximum atomic E-state index is 12.7. The molecule has 6 nitrogen and oxygen atoms in total. The predicted octanol–water partition coefficient (Wildman–Crippen LogP) is 3.00. The van der Waals surface area contributed by atoms with Crippen molar-refractivity contribution in [3.63, 3.8) is 0 Å². The van der Waals surface area contributed by atoms with Crippen molar-refractivity contribution < 1.29 is 19.1 Å². The van der Waals surface area contributed by atoms with Gasteiger partial charge < -0.3 is 14.5 Å². The van der Waals surface area contributed by atoms with E-state index in [9.17, 15) is 14.4 Å². The number of thioether (sulfide) groups is 1. The van der Waals surface area contributed by atoms with Crippen molar-refractivity contribution in [3.05, 3.63) is 59.7 Å². The monoisotopic (exact) mass is 412 g/mol. The van der Waals surface area contributed by atoms with E-state index in [0.717, 1.165) is 24.1 Å². The summed E-state index contributed by atoms with van der Waals surface area (Å²) in [6.45, 7) is 0.301. The zero-order chi connectivity index (χ0) is 20.8. The Hall–Kier alpha value is -2.80. The molecular weight excluding hydrogens is 388 g/mol. The standard InChI is InChI=1S/C22H24N2O4S/c1-23(2)21(26)15-29-19-12-6-4-10-17(19)22(27)28-14-20(25)24-13-7-9-16-8-3-5-11-18(16)24/h3-6,8,10-12H,7,9,13-15H2,1-2H3. The summed E-state index contributed by atoms with van der Waals surface area (Å²) in [6, 6.07) is 14.7. The summed E-state index contributed by atoms with van der Waals surface area (Å²) in [5.41, 5.74) is 2.37. The van der Waals surface area contributed by atoms with Gasteiger partial charge in [0, 0.05) is 31.2 Å². The molecule has 1 aliphatic heterocycles. The van der Waals surface area contributed by atoms with Crippen molar-refractivity contribution in [2.24, 2.45) is 0 Å². The number of rotatable bonds is 6. The number of ether oxygens (including phenoxy) is 1. The molecule has 0 fully saturated rings. The lowest BCUT2D eigenvalue weighted by atomic mass is 10.0. The molecule has 0 N–H and O–H groups in total. The summed E-state index contributed by atoms with van der Waals surface area (Å²) in [7, 11) is 3.38. The number of fused-ring (bicyclic) bond motifs is 1. The predicted molar refractivity (Wildman–Crippen MR) is 113 cm³/mol. The van der Waals surface area contributed by atoms with Crippen LogP contribution in [0.5, 0.6) is 0 Å². The minimum atomic E-state index is -0.566. The molecule has 2 aromatic carbocycles. The number of para-hydroxylation sites is 1. The van der Waals surface area contributed by atoms with E-state index in [4.69, 9.17) is 4.74 Å². The highest BCUT2D eigenvalue weighted by Crippen LogP contribution is 2.27. The number of carbonyl (C=O) groups excluding carboxylic acids is 3. The number of hydrogen-bond donors (Lipinski definition) is 0. The molecule has 0 atom stereocenters. The van der Waals surface area contributed by atoms with Crippen molar-refractivity contribution in [3.8, 4) is 0 Å². The number of benzene rings is 2. The van der Waals surface area contributed by atoms with E-state index in [0.29, 0.717) is 17.0 Å². The summed E-state index contributed by atoms with van der Waals surface area (Å²) in [5, 5.41) is 0. The number of nitrogens with zero attached hydrogens (tertiary/aromatic N) is 2. The smallest absolute Gasteiger partial charge is 0.339 e. The first-order chi connectivity index (χ1) is 14.0. The molecule has 1 heterocycles. The molecule has 0 bridgehead atoms. The largest absolute Gasteiger partial charge is 0.452 e. The molecule has 29 heavy (non-hydrogen) atoms. The Morgan fingerprint density at radius 1 is 1.07 bits per heavy atom. The third kappa shape index (κ3) is 5.17. The molecule has 2 aromatic rings. The fourth-order valence-corrected chi connectivity index (χ4v) is 4.12. The summed E-state index contributed by atoms with van der Waals surface area (Å²) >= 11 is 1.28. The lowest BCUT2D eigenvalue weighted by Gasteiger charge is -2.29. The molecule has 7 heteroatoms. The molecule has 0 radical (unpaired) electrons. The highest BCUT2D eigenvalue weighted by Gasteiger charge is 2.24. The second-order valence-electron chi connectivity index (χ2n) is 6.93. The maximum absolute atomic E-state index is 12.7. The van der Waals surface area contributed by atoms with Gasteiger partial charge >= 0.3 is 5.97 Å². The molecule has 0 unspecified atom stereocenters. The zero-order valence-electron chi connectivity index (χ0n) is 16.6. The van der Waals surface area contributed by atoms with Crippen LogP contribution < -0.4 is 4.90 Å². The van der Waals surface area contributed by atoms with E-state index in [1.54, 1.807) is 43.3 Å². The van der Waals surface area contributed by atoms with Crippen LogP contribution >= 0.6 is 11.8 Å². The SMILES string of the molecule is CN(C)C(=O)CSc1ccccc1C(=O)OCC(=O)N1CCCc2ccccc21.